The summed E-state index contributed by atoms with van der Waals surface area (Å²) in [7, 11) is -9.15. The van der Waals surface area contributed by atoms with Gasteiger partial charge in [-0.1, -0.05) is 12.1 Å². The molecular formula is C12H21N3O11P2. The van der Waals surface area contributed by atoms with E-state index in [0.717, 1.165) is 5.56 Å². The summed E-state index contributed by atoms with van der Waals surface area (Å²) >= 11 is 0. The van der Waals surface area contributed by atoms with Gasteiger partial charge in [-0.25, -0.2) is 9.13 Å². The molecule has 0 aliphatic carbocycles. The van der Waals surface area contributed by atoms with Crippen LogP contribution in [0.2, 0.25) is 0 Å². The molecule has 0 saturated carbocycles. The van der Waals surface area contributed by atoms with Crippen molar-refractivity contribution in [3.63, 3.8) is 0 Å². The highest BCUT2D eigenvalue weighted by Gasteiger charge is 2.19. The molecule has 0 unspecified atom stereocenters. The van der Waals surface area contributed by atoms with E-state index in [1.165, 1.54) is 12.1 Å². The lowest BCUT2D eigenvalue weighted by atomic mass is 10.1. The molecule has 1 aromatic carbocycles. The number of benzene rings is 1. The first-order valence-corrected chi connectivity index (χ1v) is 10.2. The maximum Gasteiger partial charge on any atom is 0.524 e. The van der Waals surface area contributed by atoms with Gasteiger partial charge in [-0.2, -0.15) is 0 Å². The number of phosphoric acid groups is 2. The number of primary amides is 1. The highest BCUT2D eigenvalue weighted by atomic mass is 31.2. The van der Waals surface area contributed by atoms with Crippen LogP contribution >= 0.6 is 15.6 Å². The minimum atomic E-state index is -4.60. The van der Waals surface area contributed by atoms with Gasteiger partial charge in [0.15, 0.2) is 0 Å². The van der Waals surface area contributed by atoms with E-state index >= 15 is 0 Å². The molecule has 0 saturated heterocycles. The SMILES string of the molecule is NC(=O)[C@@H](N)Cc1ccc(OP(=O)(O)O)cc1.N[C@@H](COP(=O)(O)O)C(=O)O. The molecule has 0 aliphatic heterocycles. The average Bonchev–Trinajstić information content (AvgIpc) is 2.52. The fraction of sp³-hybridized carbons (Fsp3) is 0.333. The monoisotopic (exact) mass is 445 g/mol. The Bertz CT molecular complexity index is 746. The second-order valence-corrected chi connectivity index (χ2v) is 7.57. The van der Waals surface area contributed by atoms with Crippen molar-refractivity contribution in [2.75, 3.05) is 6.61 Å². The molecule has 160 valence electrons. The second-order valence-electron chi connectivity index (χ2n) is 5.17. The van der Waals surface area contributed by atoms with Crippen LogP contribution in [0.1, 0.15) is 5.56 Å². The number of rotatable bonds is 9. The van der Waals surface area contributed by atoms with Crippen molar-refractivity contribution in [1.29, 1.82) is 0 Å². The first kappa shape index (κ1) is 26.1. The molecule has 1 rings (SSSR count). The lowest BCUT2D eigenvalue weighted by molar-refractivity contribution is -0.139. The molecule has 1 aromatic rings. The van der Waals surface area contributed by atoms with Crippen LogP contribution in [-0.4, -0.2) is 55.2 Å². The van der Waals surface area contributed by atoms with Crippen LogP contribution in [0.25, 0.3) is 0 Å². The van der Waals surface area contributed by atoms with E-state index in [-0.39, 0.29) is 12.2 Å². The third-order valence-corrected chi connectivity index (χ3v) is 3.64. The first-order valence-electron chi connectivity index (χ1n) is 7.18. The number of hydrogen-bond acceptors (Lipinski definition) is 8. The predicted molar refractivity (Wildman–Crippen MR) is 93.6 cm³/mol. The molecule has 2 atom stereocenters. The molecule has 0 aliphatic rings. The van der Waals surface area contributed by atoms with Crippen molar-refractivity contribution in [1.82, 2.24) is 0 Å². The summed E-state index contributed by atoms with van der Waals surface area (Å²) in [5.41, 5.74) is 16.0. The fourth-order valence-corrected chi connectivity index (χ4v) is 2.18. The quantitative estimate of drug-likeness (QED) is 0.192. The minimum absolute atomic E-state index is 0.0368. The predicted octanol–water partition coefficient (Wildman–Crippen LogP) is -1.98. The zero-order valence-electron chi connectivity index (χ0n) is 14.2. The number of amides is 1. The highest BCUT2D eigenvalue weighted by Crippen LogP contribution is 2.37. The first-order chi connectivity index (χ1) is 12.6. The Morgan fingerprint density at radius 3 is 1.82 bits per heavy atom. The second kappa shape index (κ2) is 11.2. The molecule has 0 spiro atoms. The number of carbonyl (C=O) groups is 2. The van der Waals surface area contributed by atoms with Gasteiger partial charge in [0.1, 0.15) is 11.8 Å². The standard InChI is InChI=1S/C9H13N2O5P.C3H8NO6P/c10-8(9(11)12)5-6-1-3-7(4-2-6)16-17(13,14)15;4-2(3(5)6)1-10-11(7,8)9/h1-4,8H,5,10H2,(H2,11,12)(H2,13,14,15);2H,1,4H2,(H,5,6)(H2,7,8,9)/t8-;2-/m00/s1. The largest absolute Gasteiger partial charge is 0.524 e. The number of carboxylic acid groups (broad SMARTS) is 1. The summed E-state index contributed by atoms with van der Waals surface area (Å²) in [4.78, 5) is 54.0. The number of aliphatic carboxylic acids is 1. The zero-order chi connectivity index (χ0) is 22.1. The number of phosphoric ester groups is 2. The Balaban J connectivity index is 0.000000576. The topological polar surface area (TPSA) is 266 Å². The Kier molecular flexibility index (Phi) is 10.5. The summed E-state index contributed by atoms with van der Waals surface area (Å²) < 4.78 is 28.7. The van der Waals surface area contributed by atoms with Gasteiger partial charge < -0.3 is 36.6 Å². The van der Waals surface area contributed by atoms with E-state index in [0.29, 0.717) is 0 Å². The molecule has 11 N–H and O–H groups in total. The van der Waals surface area contributed by atoms with Gasteiger partial charge in [0.25, 0.3) is 0 Å². The number of hydrogen-bond donors (Lipinski definition) is 8. The van der Waals surface area contributed by atoms with Crippen LogP contribution in [0.3, 0.4) is 0 Å². The molecule has 0 bridgehead atoms. The van der Waals surface area contributed by atoms with Gasteiger partial charge in [0.05, 0.1) is 12.6 Å². The number of nitrogens with two attached hydrogens (primary N) is 3. The van der Waals surface area contributed by atoms with Crippen LogP contribution in [-0.2, 0) is 29.7 Å². The molecule has 1 amide bonds. The molecular weight excluding hydrogens is 424 g/mol. The fourth-order valence-electron chi connectivity index (χ4n) is 1.43. The molecule has 0 radical (unpaired) electrons. The van der Waals surface area contributed by atoms with E-state index < -0.39 is 46.2 Å². The summed E-state index contributed by atoms with van der Waals surface area (Å²) in [6, 6.07) is 3.65. The van der Waals surface area contributed by atoms with Crippen molar-refractivity contribution < 1.29 is 52.4 Å². The lowest BCUT2D eigenvalue weighted by Gasteiger charge is -2.09. The van der Waals surface area contributed by atoms with Crippen molar-refractivity contribution in [2.45, 2.75) is 18.5 Å². The van der Waals surface area contributed by atoms with Crippen LogP contribution in [0, 0.1) is 0 Å². The number of carbonyl (C=O) groups excluding carboxylic acids is 1. The molecule has 0 fully saturated rings. The summed E-state index contributed by atoms with van der Waals surface area (Å²) in [6.07, 6.45) is 0.255. The summed E-state index contributed by atoms with van der Waals surface area (Å²) in [5, 5.41) is 8.12. The minimum Gasteiger partial charge on any atom is -0.480 e. The molecule has 16 heteroatoms. The van der Waals surface area contributed by atoms with Gasteiger partial charge in [-0.15, -0.1) is 0 Å². The maximum absolute atomic E-state index is 10.7. The Morgan fingerprint density at radius 1 is 0.964 bits per heavy atom. The zero-order valence-corrected chi connectivity index (χ0v) is 16.0. The molecule has 0 aromatic heterocycles. The van der Waals surface area contributed by atoms with Crippen molar-refractivity contribution in [3.8, 4) is 5.75 Å². The Labute approximate surface area is 158 Å². The van der Waals surface area contributed by atoms with Crippen molar-refractivity contribution in [2.24, 2.45) is 17.2 Å². The van der Waals surface area contributed by atoms with Crippen LogP contribution in [0.15, 0.2) is 24.3 Å². The Hall–Kier alpha value is -1.86. The molecule has 28 heavy (non-hydrogen) atoms. The lowest BCUT2D eigenvalue weighted by Crippen LogP contribution is -2.38. The van der Waals surface area contributed by atoms with Gasteiger partial charge in [-0.05, 0) is 24.1 Å². The maximum atomic E-state index is 10.7. The van der Waals surface area contributed by atoms with Crippen molar-refractivity contribution in [3.05, 3.63) is 29.8 Å². The van der Waals surface area contributed by atoms with E-state index in [4.69, 9.17) is 41.9 Å². The van der Waals surface area contributed by atoms with E-state index in [2.05, 4.69) is 9.05 Å². The molecule has 0 heterocycles. The van der Waals surface area contributed by atoms with Gasteiger partial charge in [0, 0.05) is 0 Å². The molecule has 14 nitrogen and oxygen atoms in total. The Morgan fingerprint density at radius 2 is 1.46 bits per heavy atom. The highest BCUT2D eigenvalue weighted by molar-refractivity contribution is 7.46. The third-order valence-electron chi connectivity index (χ3n) is 2.71. The summed E-state index contributed by atoms with van der Waals surface area (Å²) in [6.45, 7) is -0.709. The van der Waals surface area contributed by atoms with Gasteiger partial charge >= 0.3 is 21.6 Å². The van der Waals surface area contributed by atoms with Gasteiger partial charge in [0.2, 0.25) is 5.91 Å². The van der Waals surface area contributed by atoms with E-state index in [1.54, 1.807) is 12.1 Å². The van der Waals surface area contributed by atoms with Crippen molar-refractivity contribution >= 4 is 27.5 Å². The number of carboxylic acids is 1. The van der Waals surface area contributed by atoms with Crippen LogP contribution in [0.5, 0.6) is 5.75 Å². The third kappa shape index (κ3) is 13.3. The van der Waals surface area contributed by atoms with Crippen LogP contribution in [0.4, 0.5) is 0 Å². The van der Waals surface area contributed by atoms with E-state index in [9.17, 15) is 18.7 Å². The smallest absolute Gasteiger partial charge is 0.480 e. The van der Waals surface area contributed by atoms with E-state index in [1.807, 2.05) is 0 Å². The van der Waals surface area contributed by atoms with Gasteiger partial charge in [-0.3, -0.25) is 23.9 Å². The summed E-state index contributed by atoms with van der Waals surface area (Å²) in [5.74, 6) is -1.95. The normalized spacial score (nSPS) is 13.6. The van der Waals surface area contributed by atoms with Crippen LogP contribution < -0.4 is 21.7 Å². The average molecular weight is 445 g/mol.